The summed E-state index contributed by atoms with van der Waals surface area (Å²) in [5, 5.41) is 3.03. The van der Waals surface area contributed by atoms with Crippen LogP contribution in [-0.2, 0) is 6.18 Å². The van der Waals surface area contributed by atoms with E-state index in [9.17, 15) is 18.0 Å². The molecule has 8 heteroatoms. The Balaban J connectivity index is 1.88. The topological polar surface area (TPSA) is 67.5 Å². The Labute approximate surface area is 147 Å². The molecular formula is C17H15ClF3N3O. The summed E-state index contributed by atoms with van der Waals surface area (Å²) in [5.41, 5.74) is 5.72. The smallest absolute Gasteiger partial charge is 0.398 e. The fraction of sp³-hybridized carbons (Fsp3) is 0.176. The van der Waals surface area contributed by atoms with Crippen LogP contribution in [0.5, 0.6) is 0 Å². The lowest BCUT2D eigenvalue weighted by molar-refractivity contribution is -0.137. The van der Waals surface area contributed by atoms with E-state index in [1.54, 1.807) is 6.07 Å². The Kier molecular flexibility index (Phi) is 6.03. The second-order valence-electron chi connectivity index (χ2n) is 5.14. The highest BCUT2D eigenvalue weighted by Crippen LogP contribution is 2.31. The third kappa shape index (κ3) is 5.49. The van der Waals surface area contributed by atoms with Crippen molar-refractivity contribution in [1.82, 2.24) is 5.32 Å². The summed E-state index contributed by atoms with van der Waals surface area (Å²) >= 11 is 5.82. The average molecular weight is 370 g/mol. The third-order valence-electron chi connectivity index (χ3n) is 3.23. The molecule has 0 radical (unpaired) electrons. The van der Waals surface area contributed by atoms with E-state index in [2.05, 4.69) is 10.3 Å². The van der Waals surface area contributed by atoms with E-state index >= 15 is 0 Å². The molecule has 132 valence electrons. The highest BCUT2D eigenvalue weighted by molar-refractivity contribution is 6.31. The molecule has 0 saturated heterocycles. The standard InChI is InChI=1S/C17H15ClF3N3O/c18-12-5-6-15(22)14(10-12)16(25)24-8-2-7-23-13-4-1-3-11(9-13)17(19,20)21/h1,3-7,9-10H,2,8,22H2,(H,24,25). The number of alkyl halides is 3. The normalized spacial score (nSPS) is 11.7. The van der Waals surface area contributed by atoms with Gasteiger partial charge >= 0.3 is 6.18 Å². The molecule has 0 unspecified atom stereocenters. The molecule has 0 spiro atoms. The van der Waals surface area contributed by atoms with Gasteiger partial charge in [0, 0.05) is 29.9 Å². The highest BCUT2D eigenvalue weighted by Gasteiger charge is 2.30. The van der Waals surface area contributed by atoms with Crippen LogP contribution in [-0.4, -0.2) is 18.7 Å². The van der Waals surface area contributed by atoms with Crippen LogP contribution in [0.1, 0.15) is 22.3 Å². The van der Waals surface area contributed by atoms with Crippen LogP contribution < -0.4 is 11.1 Å². The molecule has 2 aromatic carbocycles. The first-order chi connectivity index (χ1) is 11.8. The minimum atomic E-state index is -4.41. The molecule has 1 amide bonds. The lowest BCUT2D eigenvalue weighted by atomic mass is 10.1. The summed E-state index contributed by atoms with van der Waals surface area (Å²) in [6, 6.07) is 9.28. The first-order valence-corrected chi connectivity index (χ1v) is 7.68. The number of amides is 1. The van der Waals surface area contributed by atoms with E-state index < -0.39 is 11.7 Å². The third-order valence-corrected chi connectivity index (χ3v) is 3.47. The molecule has 0 saturated carbocycles. The van der Waals surface area contributed by atoms with Crippen LogP contribution in [0.15, 0.2) is 47.5 Å². The number of benzene rings is 2. The highest BCUT2D eigenvalue weighted by atomic mass is 35.5. The number of hydrogen-bond acceptors (Lipinski definition) is 3. The molecule has 0 atom stereocenters. The monoisotopic (exact) mass is 369 g/mol. The molecule has 2 aromatic rings. The molecule has 3 N–H and O–H groups in total. The van der Waals surface area contributed by atoms with Crippen LogP contribution in [0.4, 0.5) is 24.5 Å². The van der Waals surface area contributed by atoms with Gasteiger partial charge in [-0.15, -0.1) is 0 Å². The quantitative estimate of drug-likeness (QED) is 0.464. The van der Waals surface area contributed by atoms with Crippen molar-refractivity contribution in [3.05, 3.63) is 58.6 Å². The Morgan fingerprint density at radius 2 is 2.00 bits per heavy atom. The second kappa shape index (κ2) is 8.02. The molecule has 0 aliphatic carbocycles. The van der Waals surface area contributed by atoms with Gasteiger partial charge in [0.25, 0.3) is 5.91 Å². The van der Waals surface area contributed by atoms with Gasteiger partial charge in [0.2, 0.25) is 0 Å². The minimum Gasteiger partial charge on any atom is -0.398 e. The van der Waals surface area contributed by atoms with Crippen molar-refractivity contribution in [1.29, 1.82) is 0 Å². The van der Waals surface area contributed by atoms with Gasteiger partial charge in [-0.3, -0.25) is 9.79 Å². The SMILES string of the molecule is Nc1ccc(Cl)cc1C(=O)NCCC=Nc1cccc(C(F)(F)F)c1. The minimum absolute atomic E-state index is 0.195. The summed E-state index contributed by atoms with van der Waals surface area (Å²) in [6.07, 6.45) is -2.62. The van der Waals surface area contributed by atoms with Crippen molar-refractivity contribution in [2.75, 3.05) is 12.3 Å². The van der Waals surface area contributed by atoms with Gasteiger partial charge in [-0.25, -0.2) is 0 Å². The Hall–Kier alpha value is -2.54. The van der Waals surface area contributed by atoms with Crippen LogP contribution >= 0.6 is 11.6 Å². The van der Waals surface area contributed by atoms with Crippen LogP contribution in [0.3, 0.4) is 0 Å². The number of nitrogen functional groups attached to an aromatic ring is 1. The molecule has 25 heavy (non-hydrogen) atoms. The van der Waals surface area contributed by atoms with Crippen molar-refractivity contribution in [2.45, 2.75) is 12.6 Å². The number of anilines is 1. The maximum atomic E-state index is 12.6. The first-order valence-electron chi connectivity index (χ1n) is 7.30. The summed E-state index contributed by atoms with van der Waals surface area (Å²) in [6.45, 7) is 0.257. The lowest BCUT2D eigenvalue weighted by Gasteiger charge is -2.07. The fourth-order valence-corrected chi connectivity index (χ4v) is 2.18. The number of carbonyl (C=O) groups is 1. The maximum Gasteiger partial charge on any atom is 0.416 e. The van der Waals surface area contributed by atoms with Crippen LogP contribution in [0, 0.1) is 0 Å². The predicted molar refractivity (Wildman–Crippen MR) is 92.4 cm³/mol. The molecule has 0 fully saturated rings. The molecule has 0 heterocycles. The van der Waals surface area contributed by atoms with Crippen molar-refractivity contribution in [3.8, 4) is 0 Å². The summed E-state index contributed by atoms with van der Waals surface area (Å²) in [4.78, 5) is 15.9. The second-order valence-corrected chi connectivity index (χ2v) is 5.57. The number of rotatable bonds is 5. The molecule has 4 nitrogen and oxygen atoms in total. The zero-order valence-electron chi connectivity index (χ0n) is 13.0. The number of nitrogens with two attached hydrogens (primary N) is 1. The van der Waals surface area contributed by atoms with E-state index in [4.69, 9.17) is 17.3 Å². The number of carbonyl (C=O) groups excluding carboxylic acids is 1. The summed E-state index contributed by atoms with van der Waals surface area (Å²) < 4.78 is 37.8. The van der Waals surface area contributed by atoms with Gasteiger partial charge in [-0.2, -0.15) is 13.2 Å². The maximum absolute atomic E-state index is 12.6. The lowest BCUT2D eigenvalue weighted by Crippen LogP contribution is -2.25. The molecule has 0 aliphatic rings. The zero-order valence-corrected chi connectivity index (χ0v) is 13.7. The Bertz CT molecular complexity index is 791. The van der Waals surface area contributed by atoms with E-state index in [0.29, 0.717) is 17.1 Å². The van der Waals surface area contributed by atoms with E-state index in [0.717, 1.165) is 12.1 Å². The fourth-order valence-electron chi connectivity index (χ4n) is 2.00. The van der Waals surface area contributed by atoms with Crippen molar-refractivity contribution >= 4 is 35.1 Å². The van der Waals surface area contributed by atoms with Gasteiger partial charge in [0.15, 0.2) is 0 Å². The van der Waals surface area contributed by atoms with E-state index in [1.165, 1.54) is 30.5 Å². The number of nitrogens with one attached hydrogen (secondary N) is 1. The zero-order chi connectivity index (χ0) is 18.4. The average Bonchev–Trinajstić information content (AvgIpc) is 2.56. The first kappa shape index (κ1) is 18.8. The van der Waals surface area contributed by atoms with Crippen molar-refractivity contribution in [2.24, 2.45) is 4.99 Å². The van der Waals surface area contributed by atoms with Gasteiger partial charge in [0.05, 0.1) is 16.8 Å². The molecule has 0 aliphatic heterocycles. The Morgan fingerprint density at radius 1 is 1.24 bits per heavy atom. The molecule has 0 aromatic heterocycles. The van der Waals surface area contributed by atoms with Gasteiger partial charge in [-0.1, -0.05) is 17.7 Å². The summed E-state index contributed by atoms with van der Waals surface area (Å²) in [5.74, 6) is -0.382. The van der Waals surface area contributed by atoms with E-state index in [-0.39, 0.29) is 23.7 Å². The van der Waals surface area contributed by atoms with Gasteiger partial charge < -0.3 is 11.1 Å². The van der Waals surface area contributed by atoms with Gasteiger partial charge in [0.1, 0.15) is 0 Å². The van der Waals surface area contributed by atoms with Crippen LogP contribution in [0.2, 0.25) is 5.02 Å². The molecule has 2 rings (SSSR count). The van der Waals surface area contributed by atoms with Crippen molar-refractivity contribution in [3.63, 3.8) is 0 Å². The largest absolute Gasteiger partial charge is 0.416 e. The molecule has 0 bridgehead atoms. The predicted octanol–water partition coefficient (Wildman–Crippen LogP) is 4.46. The number of hydrogen-bond donors (Lipinski definition) is 2. The van der Waals surface area contributed by atoms with Gasteiger partial charge in [-0.05, 0) is 36.4 Å². The Morgan fingerprint density at radius 3 is 2.72 bits per heavy atom. The number of aliphatic imine (C=N–C) groups is 1. The number of halogens is 4. The van der Waals surface area contributed by atoms with Crippen molar-refractivity contribution < 1.29 is 18.0 Å². The number of nitrogens with zero attached hydrogens (tertiary/aromatic N) is 1. The summed E-state index contributed by atoms with van der Waals surface area (Å²) in [7, 11) is 0. The molecular weight excluding hydrogens is 355 g/mol. The van der Waals surface area contributed by atoms with Crippen LogP contribution in [0.25, 0.3) is 0 Å². The van der Waals surface area contributed by atoms with E-state index in [1.807, 2.05) is 0 Å².